The summed E-state index contributed by atoms with van der Waals surface area (Å²) in [6.45, 7) is 0. The third-order valence-corrected chi connectivity index (χ3v) is 3.35. The van der Waals surface area contributed by atoms with Gasteiger partial charge in [0.2, 0.25) is 0 Å². The van der Waals surface area contributed by atoms with Gasteiger partial charge in [0.1, 0.15) is 0 Å². The van der Waals surface area contributed by atoms with E-state index in [1.165, 1.54) is 10.8 Å². The van der Waals surface area contributed by atoms with Crippen molar-refractivity contribution in [3.63, 3.8) is 0 Å². The van der Waals surface area contributed by atoms with Crippen LogP contribution in [0.2, 0.25) is 0 Å². The van der Waals surface area contributed by atoms with Gasteiger partial charge in [0.05, 0.1) is 6.07 Å². The molecule has 1 nitrogen and oxygen atoms in total. The zero-order valence-corrected chi connectivity index (χ0v) is 11.0. The highest BCUT2D eigenvalue weighted by Gasteiger charge is 2.05. The normalized spacial score (nSPS) is 11.2. The van der Waals surface area contributed by atoms with Crippen molar-refractivity contribution in [1.82, 2.24) is 0 Å². The maximum absolute atomic E-state index is 9.05. The Kier molecular flexibility index (Phi) is 3.31. The lowest BCUT2D eigenvalue weighted by Crippen LogP contribution is -1.88. The molecule has 3 aromatic carbocycles. The number of rotatable bonds is 2. The number of hydrogen-bond acceptors (Lipinski definition) is 1. The molecule has 0 aliphatic rings. The lowest BCUT2D eigenvalue weighted by atomic mass is 9.95. The van der Waals surface area contributed by atoms with Crippen LogP contribution in [-0.4, -0.2) is 0 Å². The fourth-order valence-electron chi connectivity index (χ4n) is 2.37. The average Bonchev–Trinajstić information content (AvgIpc) is 2.53. The Labute approximate surface area is 118 Å². The van der Waals surface area contributed by atoms with E-state index in [9.17, 15) is 0 Å². The average molecular weight is 255 g/mol. The molecule has 0 atom stereocenters. The highest BCUT2D eigenvalue weighted by molar-refractivity contribution is 5.89. The van der Waals surface area contributed by atoms with Crippen LogP contribution in [0.3, 0.4) is 0 Å². The molecular weight excluding hydrogens is 242 g/mol. The molecule has 20 heavy (non-hydrogen) atoms. The quantitative estimate of drug-likeness (QED) is 0.604. The van der Waals surface area contributed by atoms with E-state index in [0.717, 1.165) is 16.7 Å². The molecule has 0 heterocycles. The van der Waals surface area contributed by atoms with Crippen LogP contribution in [0.5, 0.6) is 0 Å². The van der Waals surface area contributed by atoms with Gasteiger partial charge in [0.25, 0.3) is 0 Å². The number of fused-ring (bicyclic) bond motifs is 1. The minimum absolute atomic E-state index is 0.957. The topological polar surface area (TPSA) is 23.8 Å². The largest absolute Gasteiger partial charge is 0.193 e. The molecule has 0 bridgehead atoms. The molecule has 0 saturated heterocycles. The van der Waals surface area contributed by atoms with Crippen LogP contribution in [0.1, 0.15) is 11.1 Å². The molecule has 3 rings (SSSR count). The maximum atomic E-state index is 9.05. The SMILES string of the molecule is N#C/C=C(\c1ccccc1)c1ccc2ccccc2c1. The Hall–Kier alpha value is -2.85. The lowest BCUT2D eigenvalue weighted by Gasteiger charge is -2.08. The van der Waals surface area contributed by atoms with E-state index in [2.05, 4.69) is 36.4 Å². The van der Waals surface area contributed by atoms with E-state index in [-0.39, 0.29) is 0 Å². The van der Waals surface area contributed by atoms with Crippen LogP contribution < -0.4 is 0 Å². The van der Waals surface area contributed by atoms with Crippen molar-refractivity contribution < 1.29 is 0 Å². The second kappa shape index (κ2) is 5.42. The molecule has 0 unspecified atom stereocenters. The predicted octanol–water partition coefficient (Wildman–Crippen LogP) is 4.80. The molecule has 0 amide bonds. The first kappa shape index (κ1) is 12.2. The Morgan fingerprint density at radius 2 is 1.45 bits per heavy atom. The van der Waals surface area contributed by atoms with Gasteiger partial charge in [-0.25, -0.2) is 0 Å². The predicted molar refractivity (Wildman–Crippen MR) is 83.1 cm³/mol. The van der Waals surface area contributed by atoms with E-state index in [4.69, 9.17) is 5.26 Å². The Balaban J connectivity index is 2.16. The molecule has 0 aliphatic carbocycles. The Bertz CT molecular complexity index is 808. The van der Waals surface area contributed by atoms with Gasteiger partial charge in [-0.15, -0.1) is 0 Å². The zero-order chi connectivity index (χ0) is 13.8. The molecular formula is C19H13N. The summed E-state index contributed by atoms with van der Waals surface area (Å²) in [6, 6.07) is 26.7. The van der Waals surface area contributed by atoms with E-state index in [1.807, 2.05) is 42.5 Å². The van der Waals surface area contributed by atoms with Gasteiger partial charge < -0.3 is 0 Å². The van der Waals surface area contributed by atoms with Crippen LogP contribution in [0, 0.1) is 11.3 Å². The summed E-state index contributed by atoms with van der Waals surface area (Å²) in [4.78, 5) is 0. The summed E-state index contributed by atoms with van der Waals surface area (Å²) >= 11 is 0. The summed E-state index contributed by atoms with van der Waals surface area (Å²) in [6.07, 6.45) is 1.61. The molecule has 94 valence electrons. The zero-order valence-electron chi connectivity index (χ0n) is 11.0. The molecule has 0 N–H and O–H groups in total. The van der Waals surface area contributed by atoms with Crippen LogP contribution in [0.15, 0.2) is 78.9 Å². The Morgan fingerprint density at radius 3 is 2.20 bits per heavy atom. The summed E-state index contributed by atoms with van der Waals surface area (Å²) in [5, 5.41) is 11.4. The van der Waals surface area contributed by atoms with Crippen molar-refractivity contribution in [3.8, 4) is 6.07 Å². The standard InChI is InChI=1S/C19H13N/c20-13-12-19(16-7-2-1-3-8-16)18-11-10-15-6-4-5-9-17(15)14-18/h1-12,14H/b19-12+. The van der Waals surface area contributed by atoms with Gasteiger partial charge in [-0.1, -0.05) is 66.7 Å². The van der Waals surface area contributed by atoms with Crippen LogP contribution in [-0.2, 0) is 0 Å². The second-order valence-corrected chi connectivity index (χ2v) is 4.62. The number of allylic oxidation sites excluding steroid dienone is 1. The fourth-order valence-corrected chi connectivity index (χ4v) is 2.37. The Morgan fingerprint density at radius 1 is 0.750 bits per heavy atom. The first-order valence-electron chi connectivity index (χ1n) is 6.53. The van der Waals surface area contributed by atoms with Crippen molar-refractivity contribution >= 4 is 16.3 Å². The van der Waals surface area contributed by atoms with E-state index in [0.29, 0.717) is 0 Å². The van der Waals surface area contributed by atoms with Gasteiger partial charge in [0.15, 0.2) is 0 Å². The first-order chi connectivity index (χ1) is 9.88. The molecule has 0 radical (unpaired) electrons. The van der Waals surface area contributed by atoms with Crippen molar-refractivity contribution in [2.45, 2.75) is 0 Å². The summed E-state index contributed by atoms with van der Waals surface area (Å²) in [7, 11) is 0. The molecule has 1 heteroatoms. The van der Waals surface area contributed by atoms with E-state index < -0.39 is 0 Å². The maximum Gasteiger partial charge on any atom is 0.0918 e. The number of nitriles is 1. The van der Waals surface area contributed by atoms with Gasteiger partial charge in [-0.05, 0) is 33.5 Å². The molecule has 0 fully saturated rings. The van der Waals surface area contributed by atoms with Crippen LogP contribution in [0.25, 0.3) is 16.3 Å². The summed E-state index contributed by atoms with van der Waals surface area (Å²) in [5.41, 5.74) is 3.08. The lowest BCUT2D eigenvalue weighted by molar-refractivity contribution is 1.52. The minimum atomic E-state index is 0.957. The summed E-state index contributed by atoms with van der Waals surface area (Å²) < 4.78 is 0. The third-order valence-electron chi connectivity index (χ3n) is 3.35. The summed E-state index contributed by atoms with van der Waals surface area (Å²) in [5.74, 6) is 0. The molecule has 0 spiro atoms. The minimum Gasteiger partial charge on any atom is -0.193 e. The van der Waals surface area contributed by atoms with Crippen molar-refractivity contribution in [2.75, 3.05) is 0 Å². The molecule has 0 aliphatic heterocycles. The third kappa shape index (κ3) is 2.32. The van der Waals surface area contributed by atoms with Crippen molar-refractivity contribution in [2.24, 2.45) is 0 Å². The second-order valence-electron chi connectivity index (χ2n) is 4.62. The van der Waals surface area contributed by atoms with Crippen LogP contribution in [0.4, 0.5) is 0 Å². The highest BCUT2D eigenvalue weighted by Crippen LogP contribution is 2.26. The van der Waals surface area contributed by atoms with E-state index in [1.54, 1.807) is 6.08 Å². The number of nitrogens with zero attached hydrogens (tertiary/aromatic N) is 1. The number of benzene rings is 3. The van der Waals surface area contributed by atoms with Gasteiger partial charge in [-0.2, -0.15) is 5.26 Å². The molecule has 3 aromatic rings. The number of hydrogen-bond donors (Lipinski definition) is 0. The van der Waals surface area contributed by atoms with Gasteiger partial charge in [-0.3, -0.25) is 0 Å². The van der Waals surface area contributed by atoms with Crippen LogP contribution >= 0.6 is 0 Å². The smallest absolute Gasteiger partial charge is 0.0918 e. The van der Waals surface area contributed by atoms with Crippen molar-refractivity contribution in [3.05, 3.63) is 90.0 Å². The molecule has 0 aromatic heterocycles. The van der Waals surface area contributed by atoms with Gasteiger partial charge >= 0.3 is 0 Å². The van der Waals surface area contributed by atoms with E-state index >= 15 is 0 Å². The first-order valence-corrected chi connectivity index (χ1v) is 6.53. The highest BCUT2D eigenvalue weighted by atomic mass is 14.2. The van der Waals surface area contributed by atoms with Crippen molar-refractivity contribution in [1.29, 1.82) is 5.26 Å². The molecule has 0 saturated carbocycles. The fraction of sp³-hybridized carbons (Fsp3) is 0. The van der Waals surface area contributed by atoms with Gasteiger partial charge in [0, 0.05) is 6.08 Å². The monoisotopic (exact) mass is 255 g/mol.